The van der Waals surface area contributed by atoms with Crippen LogP contribution in [-0.4, -0.2) is 48.3 Å². The van der Waals surface area contributed by atoms with Gasteiger partial charge in [-0.15, -0.1) is 11.3 Å². The van der Waals surface area contributed by atoms with E-state index >= 15 is 4.39 Å². The van der Waals surface area contributed by atoms with Gasteiger partial charge in [0, 0.05) is 47.1 Å². The smallest absolute Gasteiger partial charge is 0.246 e. The molecule has 5 heterocycles. The molecular weight excluding hydrogens is 522 g/mol. The average Bonchev–Trinajstić information content (AvgIpc) is 3.66. The summed E-state index contributed by atoms with van der Waals surface area (Å²) in [5, 5.41) is 7.53. The Morgan fingerprint density at radius 3 is 2.74 bits per heavy atom. The number of fused-ring (bicyclic) bond motifs is 2. The molecule has 8 nitrogen and oxygen atoms in total. The van der Waals surface area contributed by atoms with E-state index in [9.17, 15) is 9.18 Å². The van der Waals surface area contributed by atoms with Crippen molar-refractivity contribution in [3.05, 3.63) is 72.2 Å². The number of aromatic nitrogens is 5. The molecule has 0 unspecified atom stereocenters. The van der Waals surface area contributed by atoms with Crippen molar-refractivity contribution >= 4 is 27.3 Å². The standard InChI is InChI=1S/C28H24F2N6O2S/c1-5-23(37)35-12-17-10-20(33-36(17)11-15(35)2)27-25(24-19(30)8-16(29)9-22(24)38-4)28-18(6-7-39-28)26(32-27)21-13-34(3)14-31-21/h5-10,13-15H,1,11-12H2,2-4H3/t15-/m1/s1. The Bertz CT molecular complexity index is 1770. The summed E-state index contributed by atoms with van der Waals surface area (Å²) in [6.45, 7) is 6.39. The van der Waals surface area contributed by atoms with Crippen molar-refractivity contribution in [2.24, 2.45) is 7.05 Å². The predicted octanol–water partition coefficient (Wildman–Crippen LogP) is 5.43. The van der Waals surface area contributed by atoms with E-state index in [0.717, 1.165) is 27.9 Å². The van der Waals surface area contributed by atoms with Gasteiger partial charge in [-0.1, -0.05) is 6.58 Å². The van der Waals surface area contributed by atoms with Crippen molar-refractivity contribution in [1.82, 2.24) is 29.2 Å². The van der Waals surface area contributed by atoms with E-state index in [2.05, 4.69) is 11.6 Å². The molecule has 1 aliphatic heterocycles. The molecule has 0 fully saturated rings. The fourth-order valence-corrected chi connectivity index (χ4v) is 6.02. The summed E-state index contributed by atoms with van der Waals surface area (Å²) in [5.41, 5.74) is 3.54. The molecule has 5 aromatic rings. The minimum Gasteiger partial charge on any atom is -0.496 e. The molecule has 0 bridgehead atoms. The first-order chi connectivity index (χ1) is 18.8. The number of nitrogens with zero attached hydrogens (tertiary/aromatic N) is 6. The van der Waals surface area contributed by atoms with E-state index in [0.29, 0.717) is 41.4 Å². The summed E-state index contributed by atoms with van der Waals surface area (Å²) in [4.78, 5) is 23.7. The molecular formula is C28H24F2N6O2S. The fraction of sp³-hybridized carbons (Fsp3) is 0.214. The lowest BCUT2D eigenvalue weighted by atomic mass is 9.97. The van der Waals surface area contributed by atoms with Gasteiger partial charge in [0.05, 0.1) is 43.5 Å². The summed E-state index contributed by atoms with van der Waals surface area (Å²) in [6.07, 6.45) is 4.85. The van der Waals surface area contributed by atoms with Gasteiger partial charge < -0.3 is 14.2 Å². The molecule has 1 atom stereocenters. The molecule has 4 aromatic heterocycles. The van der Waals surface area contributed by atoms with Gasteiger partial charge in [0.25, 0.3) is 0 Å². The Kier molecular flexibility index (Phi) is 6.02. The monoisotopic (exact) mass is 546 g/mol. The lowest BCUT2D eigenvalue weighted by molar-refractivity contribution is -0.129. The molecule has 0 spiro atoms. The van der Waals surface area contributed by atoms with E-state index in [1.165, 1.54) is 24.5 Å². The summed E-state index contributed by atoms with van der Waals surface area (Å²) >= 11 is 1.42. The van der Waals surface area contributed by atoms with Gasteiger partial charge in [0.2, 0.25) is 5.91 Å². The molecule has 1 aromatic carbocycles. The van der Waals surface area contributed by atoms with E-state index in [-0.39, 0.29) is 23.3 Å². The number of aryl methyl sites for hydroxylation is 1. The molecule has 0 N–H and O–H groups in total. The second-order valence-corrected chi connectivity index (χ2v) is 10.4. The topological polar surface area (TPSA) is 78.1 Å². The maximum atomic E-state index is 15.6. The molecule has 39 heavy (non-hydrogen) atoms. The third-order valence-electron chi connectivity index (χ3n) is 6.91. The van der Waals surface area contributed by atoms with Crippen LogP contribution < -0.4 is 4.74 Å². The molecule has 0 saturated carbocycles. The van der Waals surface area contributed by atoms with Gasteiger partial charge >= 0.3 is 0 Å². The number of thiophene rings is 1. The number of benzene rings is 1. The Labute approximate surface area is 226 Å². The van der Waals surface area contributed by atoms with Crippen LogP contribution in [0.3, 0.4) is 0 Å². The Morgan fingerprint density at radius 1 is 1.21 bits per heavy atom. The Balaban J connectivity index is 1.64. The maximum absolute atomic E-state index is 15.6. The minimum absolute atomic E-state index is 0.0520. The van der Waals surface area contributed by atoms with Crippen LogP contribution in [-0.2, 0) is 24.9 Å². The van der Waals surface area contributed by atoms with Crippen molar-refractivity contribution in [2.75, 3.05) is 7.11 Å². The average molecular weight is 547 g/mol. The normalized spacial score (nSPS) is 15.0. The van der Waals surface area contributed by atoms with Crippen LogP contribution in [0.4, 0.5) is 8.78 Å². The number of methoxy groups -OCH3 is 1. The number of rotatable bonds is 5. The van der Waals surface area contributed by atoms with Crippen molar-refractivity contribution in [2.45, 2.75) is 26.1 Å². The summed E-state index contributed by atoms with van der Waals surface area (Å²) in [7, 11) is 3.25. The minimum atomic E-state index is -0.768. The zero-order valence-electron chi connectivity index (χ0n) is 21.5. The van der Waals surface area contributed by atoms with Gasteiger partial charge in [-0.3, -0.25) is 9.48 Å². The molecule has 0 saturated heterocycles. The number of amides is 1. The Morgan fingerprint density at radius 2 is 2.03 bits per heavy atom. The zero-order chi connectivity index (χ0) is 27.4. The number of halogens is 2. The van der Waals surface area contributed by atoms with E-state index in [4.69, 9.17) is 14.8 Å². The quantitative estimate of drug-likeness (QED) is 0.275. The largest absolute Gasteiger partial charge is 0.496 e. The first-order valence-corrected chi connectivity index (χ1v) is 13.1. The number of carbonyl (C=O) groups is 1. The third kappa shape index (κ3) is 4.09. The SMILES string of the molecule is C=CC(=O)N1Cc2cc(-c3nc(-c4cn(C)cn4)c4ccsc4c3-c3c(F)cc(F)cc3OC)nn2C[C@H]1C. The number of carbonyl (C=O) groups excluding carboxylic acids is 1. The highest BCUT2D eigenvalue weighted by molar-refractivity contribution is 7.18. The highest BCUT2D eigenvalue weighted by Gasteiger charge is 2.30. The second-order valence-electron chi connectivity index (χ2n) is 9.46. The second kappa shape index (κ2) is 9.42. The van der Waals surface area contributed by atoms with Crippen LogP contribution in [0, 0.1) is 11.6 Å². The van der Waals surface area contributed by atoms with E-state index < -0.39 is 11.6 Å². The number of pyridine rings is 1. The predicted molar refractivity (Wildman–Crippen MR) is 145 cm³/mol. The zero-order valence-corrected chi connectivity index (χ0v) is 22.3. The summed E-state index contributed by atoms with van der Waals surface area (Å²) in [5.74, 6) is -1.62. The molecule has 6 rings (SSSR count). The molecule has 11 heteroatoms. The molecule has 0 aliphatic carbocycles. The van der Waals surface area contributed by atoms with Crippen molar-refractivity contribution in [3.8, 4) is 39.7 Å². The molecule has 1 amide bonds. The van der Waals surface area contributed by atoms with Gasteiger partial charge in [-0.25, -0.2) is 18.7 Å². The molecule has 1 aliphatic rings. The van der Waals surface area contributed by atoms with Crippen LogP contribution in [0.1, 0.15) is 12.6 Å². The van der Waals surface area contributed by atoms with Gasteiger partial charge in [-0.2, -0.15) is 5.10 Å². The summed E-state index contributed by atoms with van der Waals surface area (Å²) in [6, 6.07) is 5.67. The van der Waals surface area contributed by atoms with Crippen LogP contribution in [0.5, 0.6) is 5.75 Å². The first-order valence-electron chi connectivity index (χ1n) is 12.2. The lowest BCUT2D eigenvalue weighted by Gasteiger charge is -2.33. The highest BCUT2D eigenvalue weighted by Crippen LogP contribution is 2.46. The Hall–Kier alpha value is -4.38. The number of ether oxygens (including phenoxy) is 1. The van der Waals surface area contributed by atoms with Crippen LogP contribution in [0.2, 0.25) is 0 Å². The number of hydrogen-bond donors (Lipinski definition) is 0. The summed E-state index contributed by atoms with van der Waals surface area (Å²) < 4.78 is 39.6. The third-order valence-corrected chi connectivity index (χ3v) is 7.84. The molecule has 198 valence electrons. The van der Waals surface area contributed by atoms with Crippen LogP contribution in [0.25, 0.3) is 44.0 Å². The van der Waals surface area contributed by atoms with Crippen molar-refractivity contribution < 1.29 is 18.3 Å². The first kappa shape index (κ1) is 24.9. The van der Waals surface area contributed by atoms with E-state index in [1.807, 2.05) is 46.9 Å². The molecule has 0 radical (unpaired) electrons. The fourth-order valence-electron chi connectivity index (χ4n) is 5.07. The van der Waals surface area contributed by atoms with Crippen molar-refractivity contribution in [1.29, 1.82) is 0 Å². The van der Waals surface area contributed by atoms with Gasteiger partial charge in [-0.05, 0) is 30.5 Å². The van der Waals surface area contributed by atoms with Gasteiger partial charge in [0.15, 0.2) is 0 Å². The van der Waals surface area contributed by atoms with E-state index in [1.54, 1.807) is 11.2 Å². The number of imidazole rings is 1. The maximum Gasteiger partial charge on any atom is 0.246 e. The van der Waals surface area contributed by atoms with Crippen molar-refractivity contribution in [3.63, 3.8) is 0 Å². The lowest BCUT2D eigenvalue weighted by Crippen LogP contribution is -2.44. The number of hydrogen-bond acceptors (Lipinski definition) is 6. The van der Waals surface area contributed by atoms with Gasteiger partial charge in [0.1, 0.15) is 34.5 Å². The highest BCUT2D eigenvalue weighted by atomic mass is 32.1. The van der Waals surface area contributed by atoms with Crippen LogP contribution >= 0.6 is 11.3 Å². The van der Waals surface area contributed by atoms with Crippen LogP contribution in [0.15, 0.2) is 54.8 Å².